The van der Waals surface area contributed by atoms with Gasteiger partial charge in [0, 0.05) is 10.9 Å². The Kier molecular flexibility index (Phi) is 4.63. The fraction of sp³-hybridized carbons (Fsp3) is 0.235. The van der Waals surface area contributed by atoms with Gasteiger partial charge in [-0.25, -0.2) is 0 Å². The van der Waals surface area contributed by atoms with Crippen molar-refractivity contribution in [3.05, 3.63) is 51.4 Å². The molecule has 0 aliphatic rings. The van der Waals surface area contributed by atoms with Crippen LogP contribution in [0.4, 0.5) is 0 Å². The molecule has 3 N–H and O–H groups in total. The second-order valence-electron chi connectivity index (χ2n) is 5.92. The molecule has 2 aromatic heterocycles. The lowest BCUT2D eigenvalue weighted by Crippen LogP contribution is -2.42. The first-order valence-electron chi connectivity index (χ1n) is 7.72. The van der Waals surface area contributed by atoms with Crippen LogP contribution in [0, 0.1) is 6.92 Å². The second-order valence-corrected chi connectivity index (χ2v) is 6.71. The van der Waals surface area contributed by atoms with Gasteiger partial charge in [0.2, 0.25) is 0 Å². The number of carbonyl (C=O) groups excluding carboxylic acids is 2. The SMILES string of the molecule is Cc1c(C(=O)NNC(=O)c2n[nH]c(C(C)C)c2Br)oc2ccccc12. The van der Waals surface area contributed by atoms with Crippen molar-refractivity contribution < 1.29 is 14.0 Å². The maximum atomic E-state index is 12.3. The monoisotopic (exact) mass is 404 g/mol. The summed E-state index contributed by atoms with van der Waals surface area (Å²) in [6, 6.07) is 7.36. The van der Waals surface area contributed by atoms with Crippen LogP contribution in [0.5, 0.6) is 0 Å². The minimum atomic E-state index is -0.530. The number of nitrogens with zero attached hydrogens (tertiary/aromatic N) is 1. The first kappa shape index (κ1) is 17.2. The zero-order valence-electron chi connectivity index (χ0n) is 13.9. The molecule has 25 heavy (non-hydrogen) atoms. The molecule has 0 spiro atoms. The van der Waals surface area contributed by atoms with Crippen molar-refractivity contribution in [2.24, 2.45) is 0 Å². The predicted octanol–water partition coefficient (Wildman–Crippen LogP) is 3.43. The fourth-order valence-corrected chi connectivity index (χ4v) is 3.31. The molecule has 1 aromatic carbocycles. The zero-order valence-corrected chi connectivity index (χ0v) is 15.5. The van der Waals surface area contributed by atoms with Crippen molar-refractivity contribution in [1.82, 2.24) is 21.0 Å². The number of aromatic amines is 1. The molecule has 0 saturated carbocycles. The van der Waals surface area contributed by atoms with E-state index < -0.39 is 11.8 Å². The lowest BCUT2D eigenvalue weighted by molar-refractivity contribution is 0.0829. The van der Waals surface area contributed by atoms with E-state index >= 15 is 0 Å². The quantitative estimate of drug-likeness (QED) is 0.582. The molecular weight excluding hydrogens is 388 g/mol. The molecule has 0 saturated heterocycles. The molecule has 7 nitrogen and oxygen atoms in total. The lowest BCUT2D eigenvalue weighted by atomic mass is 10.1. The highest BCUT2D eigenvalue weighted by Gasteiger charge is 2.21. The van der Waals surface area contributed by atoms with Crippen LogP contribution in [0.25, 0.3) is 11.0 Å². The summed E-state index contributed by atoms with van der Waals surface area (Å²) in [4.78, 5) is 24.5. The van der Waals surface area contributed by atoms with E-state index in [1.54, 1.807) is 13.0 Å². The van der Waals surface area contributed by atoms with Crippen LogP contribution < -0.4 is 10.9 Å². The molecule has 0 radical (unpaired) electrons. The number of nitrogens with one attached hydrogen (secondary N) is 3. The van der Waals surface area contributed by atoms with Crippen LogP contribution in [0.2, 0.25) is 0 Å². The Bertz CT molecular complexity index is 958. The van der Waals surface area contributed by atoms with Gasteiger partial charge in [-0.2, -0.15) is 5.10 Å². The third kappa shape index (κ3) is 3.17. The Balaban J connectivity index is 1.73. The minimum Gasteiger partial charge on any atom is -0.451 e. The molecule has 3 rings (SSSR count). The van der Waals surface area contributed by atoms with Crippen LogP contribution >= 0.6 is 15.9 Å². The predicted molar refractivity (Wildman–Crippen MR) is 96.3 cm³/mol. The van der Waals surface area contributed by atoms with Crippen LogP contribution in [0.15, 0.2) is 33.2 Å². The molecule has 130 valence electrons. The number of para-hydroxylation sites is 1. The maximum Gasteiger partial charge on any atom is 0.305 e. The number of amides is 2. The summed E-state index contributed by atoms with van der Waals surface area (Å²) in [6.45, 7) is 5.75. The second kappa shape index (κ2) is 6.72. The van der Waals surface area contributed by atoms with Gasteiger partial charge in [-0.1, -0.05) is 32.0 Å². The van der Waals surface area contributed by atoms with E-state index in [0.29, 0.717) is 15.6 Å². The number of H-pyrrole nitrogens is 1. The van der Waals surface area contributed by atoms with E-state index in [0.717, 1.165) is 11.1 Å². The Morgan fingerprint density at radius 3 is 2.52 bits per heavy atom. The number of hydrogen-bond donors (Lipinski definition) is 3. The molecule has 0 aliphatic carbocycles. The number of carbonyl (C=O) groups is 2. The summed E-state index contributed by atoms with van der Waals surface area (Å²) >= 11 is 3.35. The summed E-state index contributed by atoms with van der Waals surface area (Å²) in [5.41, 5.74) is 7.02. The third-order valence-corrected chi connectivity index (χ3v) is 4.67. The standard InChI is InChI=1S/C17H17BrN4O3/c1-8(2)13-12(18)14(20-19-13)16(23)21-22-17(24)15-9(3)10-6-4-5-7-11(10)25-15/h4-8H,1-3H3,(H,19,20)(H,21,23)(H,22,24). The number of hydrogen-bond acceptors (Lipinski definition) is 4. The third-order valence-electron chi connectivity index (χ3n) is 3.86. The fourth-order valence-electron chi connectivity index (χ4n) is 2.50. The van der Waals surface area contributed by atoms with E-state index in [1.807, 2.05) is 32.0 Å². The van der Waals surface area contributed by atoms with Crippen LogP contribution in [0.1, 0.15) is 52.1 Å². The molecule has 0 unspecified atom stereocenters. The van der Waals surface area contributed by atoms with E-state index in [2.05, 4.69) is 37.0 Å². The van der Waals surface area contributed by atoms with Crippen LogP contribution in [0.3, 0.4) is 0 Å². The Morgan fingerprint density at radius 2 is 1.88 bits per heavy atom. The summed E-state index contributed by atoms with van der Waals surface area (Å²) in [5.74, 6) is -0.725. The molecule has 0 atom stereocenters. The zero-order chi connectivity index (χ0) is 18.1. The highest BCUT2D eigenvalue weighted by atomic mass is 79.9. The van der Waals surface area contributed by atoms with Crippen LogP contribution in [-0.4, -0.2) is 22.0 Å². The normalized spacial score (nSPS) is 11.1. The number of rotatable bonds is 3. The van der Waals surface area contributed by atoms with Gasteiger partial charge in [0.25, 0.3) is 5.91 Å². The van der Waals surface area contributed by atoms with Crippen molar-refractivity contribution >= 4 is 38.7 Å². The number of halogens is 1. The molecule has 0 bridgehead atoms. The van der Waals surface area contributed by atoms with Gasteiger partial charge in [0.1, 0.15) is 5.58 Å². The average Bonchev–Trinajstić information content (AvgIpc) is 3.13. The summed E-state index contributed by atoms with van der Waals surface area (Å²) in [7, 11) is 0. The highest BCUT2D eigenvalue weighted by Crippen LogP contribution is 2.26. The van der Waals surface area contributed by atoms with Crippen molar-refractivity contribution in [1.29, 1.82) is 0 Å². The van der Waals surface area contributed by atoms with Crippen molar-refractivity contribution in [3.8, 4) is 0 Å². The number of furan rings is 1. The van der Waals surface area contributed by atoms with Gasteiger partial charge in [-0.15, -0.1) is 0 Å². The van der Waals surface area contributed by atoms with E-state index in [4.69, 9.17) is 4.42 Å². The van der Waals surface area contributed by atoms with Crippen molar-refractivity contribution in [2.45, 2.75) is 26.7 Å². The average molecular weight is 405 g/mol. The summed E-state index contributed by atoms with van der Waals surface area (Å²) < 4.78 is 6.14. The summed E-state index contributed by atoms with van der Waals surface area (Å²) in [6.07, 6.45) is 0. The molecular formula is C17H17BrN4O3. The minimum absolute atomic E-state index is 0.158. The van der Waals surface area contributed by atoms with Crippen molar-refractivity contribution in [2.75, 3.05) is 0 Å². The Morgan fingerprint density at radius 1 is 1.20 bits per heavy atom. The highest BCUT2D eigenvalue weighted by molar-refractivity contribution is 9.10. The Hall–Kier alpha value is -2.61. The van der Waals surface area contributed by atoms with Gasteiger partial charge < -0.3 is 4.42 Å². The first-order valence-corrected chi connectivity index (χ1v) is 8.52. The number of aryl methyl sites for hydroxylation is 1. The molecule has 2 amide bonds. The van der Waals surface area contributed by atoms with E-state index in [9.17, 15) is 9.59 Å². The molecule has 8 heteroatoms. The Labute approximate surface area is 152 Å². The number of hydrazine groups is 1. The number of aromatic nitrogens is 2. The number of benzene rings is 1. The van der Waals surface area contributed by atoms with Gasteiger partial charge in [-0.05, 0) is 34.8 Å². The summed E-state index contributed by atoms with van der Waals surface area (Å²) in [5, 5.41) is 7.65. The van der Waals surface area contributed by atoms with E-state index in [-0.39, 0.29) is 17.4 Å². The van der Waals surface area contributed by atoms with Crippen molar-refractivity contribution in [3.63, 3.8) is 0 Å². The maximum absolute atomic E-state index is 12.3. The van der Waals surface area contributed by atoms with Gasteiger partial charge >= 0.3 is 5.91 Å². The molecule has 0 fully saturated rings. The molecule has 0 aliphatic heterocycles. The smallest absolute Gasteiger partial charge is 0.305 e. The lowest BCUT2D eigenvalue weighted by Gasteiger charge is -2.05. The molecule has 3 aromatic rings. The molecule has 2 heterocycles. The number of fused-ring (bicyclic) bond motifs is 1. The van der Waals surface area contributed by atoms with Crippen LogP contribution in [-0.2, 0) is 0 Å². The largest absolute Gasteiger partial charge is 0.451 e. The van der Waals surface area contributed by atoms with Gasteiger partial charge in [0.15, 0.2) is 11.5 Å². The van der Waals surface area contributed by atoms with E-state index in [1.165, 1.54) is 0 Å². The van der Waals surface area contributed by atoms with Gasteiger partial charge in [-0.3, -0.25) is 25.5 Å². The van der Waals surface area contributed by atoms with Gasteiger partial charge in [0.05, 0.1) is 10.2 Å². The topological polar surface area (TPSA) is 100 Å². The first-order chi connectivity index (χ1) is 11.9.